The molecule has 0 spiro atoms. The summed E-state index contributed by atoms with van der Waals surface area (Å²) in [4.78, 5) is 28.5. The van der Waals surface area contributed by atoms with Crippen molar-refractivity contribution in [2.24, 2.45) is 0 Å². The van der Waals surface area contributed by atoms with Gasteiger partial charge in [0.15, 0.2) is 11.5 Å². The SMILES string of the molecule is CCOc1ccc(N2C(=O)C(=O)/C(=C(/O)c3cc(OC)ccc3OC)C2c2cccc(C)c2)cc1OCC. The zero-order valence-electron chi connectivity index (χ0n) is 22.1. The first kappa shape index (κ1) is 26.6. The summed E-state index contributed by atoms with van der Waals surface area (Å²) >= 11 is 0. The highest BCUT2D eigenvalue weighted by atomic mass is 16.5. The number of nitrogens with zero attached hydrogens (tertiary/aromatic N) is 1. The Balaban J connectivity index is 1.97. The van der Waals surface area contributed by atoms with Crippen molar-refractivity contribution in [2.75, 3.05) is 32.3 Å². The second-order valence-electron chi connectivity index (χ2n) is 8.65. The summed E-state index contributed by atoms with van der Waals surface area (Å²) in [7, 11) is 2.96. The van der Waals surface area contributed by atoms with E-state index in [9.17, 15) is 14.7 Å². The Morgan fingerprint density at radius 1 is 0.868 bits per heavy atom. The molecule has 1 unspecified atom stereocenters. The molecule has 1 N–H and O–H groups in total. The molecule has 0 aromatic heterocycles. The lowest BCUT2D eigenvalue weighted by Crippen LogP contribution is -2.29. The van der Waals surface area contributed by atoms with Crippen LogP contribution < -0.4 is 23.8 Å². The van der Waals surface area contributed by atoms with Gasteiger partial charge in [-0.25, -0.2) is 0 Å². The van der Waals surface area contributed by atoms with E-state index < -0.39 is 17.7 Å². The summed E-state index contributed by atoms with van der Waals surface area (Å²) in [5.74, 6) is -0.172. The zero-order chi connectivity index (χ0) is 27.4. The third-order valence-corrected chi connectivity index (χ3v) is 6.27. The second kappa shape index (κ2) is 11.3. The molecule has 1 saturated heterocycles. The van der Waals surface area contributed by atoms with Crippen molar-refractivity contribution < 1.29 is 33.6 Å². The van der Waals surface area contributed by atoms with Crippen molar-refractivity contribution in [3.05, 3.63) is 82.9 Å². The summed E-state index contributed by atoms with van der Waals surface area (Å²) in [6.07, 6.45) is 0. The summed E-state index contributed by atoms with van der Waals surface area (Å²) in [6.45, 7) is 6.47. The van der Waals surface area contributed by atoms with E-state index in [1.807, 2.05) is 45.0 Å². The van der Waals surface area contributed by atoms with Crippen LogP contribution in [0.4, 0.5) is 5.69 Å². The molecule has 0 bridgehead atoms. The number of hydrogen-bond donors (Lipinski definition) is 1. The monoisotopic (exact) mass is 517 g/mol. The van der Waals surface area contributed by atoms with Crippen LogP contribution in [-0.2, 0) is 9.59 Å². The van der Waals surface area contributed by atoms with Gasteiger partial charge < -0.3 is 24.1 Å². The van der Waals surface area contributed by atoms with Crippen molar-refractivity contribution in [2.45, 2.75) is 26.8 Å². The predicted molar refractivity (Wildman–Crippen MR) is 144 cm³/mol. The van der Waals surface area contributed by atoms with E-state index in [1.54, 1.807) is 36.4 Å². The predicted octanol–water partition coefficient (Wildman–Crippen LogP) is 5.44. The van der Waals surface area contributed by atoms with Crippen LogP contribution in [0, 0.1) is 6.92 Å². The Hall–Kier alpha value is -4.46. The smallest absolute Gasteiger partial charge is 0.300 e. The molecule has 1 fully saturated rings. The molecule has 8 heteroatoms. The van der Waals surface area contributed by atoms with Crippen molar-refractivity contribution in [1.82, 2.24) is 0 Å². The quantitative estimate of drug-likeness (QED) is 0.230. The largest absolute Gasteiger partial charge is 0.507 e. The fourth-order valence-corrected chi connectivity index (χ4v) is 4.59. The van der Waals surface area contributed by atoms with Crippen molar-refractivity contribution in [3.8, 4) is 23.0 Å². The first-order valence-corrected chi connectivity index (χ1v) is 12.3. The van der Waals surface area contributed by atoms with E-state index in [4.69, 9.17) is 18.9 Å². The zero-order valence-corrected chi connectivity index (χ0v) is 22.1. The van der Waals surface area contributed by atoms with Gasteiger partial charge in [0.2, 0.25) is 0 Å². The number of aliphatic hydroxyl groups is 1. The van der Waals surface area contributed by atoms with E-state index in [0.29, 0.717) is 47.5 Å². The average molecular weight is 518 g/mol. The molecular weight excluding hydrogens is 486 g/mol. The number of anilines is 1. The van der Waals surface area contributed by atoms with Crippen molar-refractivity contribution in [1.29, 1.82) is 0 Å². The standard InChI is InChI=1S/C30H31NO7/c1-6-37-24-13-11-20(16-25(24)38-7-2)31-27(19-10-8-9-18(3)15-19)26(29(33)30(31)34)28(32)22-17-21(35-4)12-14-23(22)36-5/h8-17,27,32H,6-7H2,1-5H3/b28-26+. The Kier molecular flexibility index (Phi) is 7.90. The molecule has 8 nitrogen and oxygen atoms in total. The summed E-state index contributed by atoms with van der Waals surface area (Å²) in [6, 6.07) is 16.5. The number of hydrogen-bond acceptors (Lipinski definition) is 7. The van der Waals surface area contributed by atoms with E-state index in [1.165, 1.54) is 19.1 Å². The number of carbonyl (C=O) groups excluding carboxylic acids is 2. The molecule has 3 aromatic carbocycles. The average Bonchev–Trinajstić information content (AvgIpc) is 3.19. The number of benzene rings is 3. The third kappa shape index (κ3) is 4.89. The molecule has 3 aromatic rings. The third-order valence-electron chi connectivity index (χ3n) is 6.27. The maximum Gasteiger partial charge on any atom is 0.300 e. The summed E-state index contributed by atoms with van der Waals surface area (Å²) < 4.78 is 22.2. The van der Waals surface area contributed by atoms with Gasteiger partial charge in [0, 0.05) is 11.8 Å². The number of aryl methyl sites for hydroxylation is 1. The van der Waals surface area contributed by atoms with E-state index >= 15 is 0 Å². The lowest BCUT2D eigenvalue weighted by atomic mass is 9.94. The van der Waals surface area contributed by atoms with Gasteiger partial charge in [-0.2, -0.15) is 0 Å². The van der Waals surface area contributed by atoms with Crippen LogP contribution >= 0.6 is 0 Å². The Bertz CT molecular complexity index is 1400. The number of aliphatic hydroxyl groups excluding tert-OH is 1. The van der Waals surface area contributed by atoms with E-state index in [2.05, 4.69) is 0 Å². The van der Waals surface area contributed by atoms with Gasteiger partial charge in [-0.05, 0) is 56.7 Å². The Labute approximate surface area is 222 Å². The number of ether oxygens (including phenoxy) is 4. The fraction of sp³-hybridized carbons (Fsp3) is 0.267. The molecule has 1 aliphatic heterocycles. The molecule has 1 atom stereocenters. The van der Waals surface area contributed by atoms with E-state index in [0.717, 1.165) is 5.56 Å². The number of ketones is 1. The second-order valence-corrected chi connectivity index (χ2v) is 8.65. The lowest BCUT2D eigenvalue weighted by Gasteiger charge is -2.26. The highest BCUT2D eigenvalue weighted by Crippen LogP contribution is 2.45. The molecule has 198 valence electrons. The molecule has 0 aliphatic carbocycles. The lowest BCUT2D eigenvalue weighted by molar-refractivity contribution is -0.132. The van der Waals surface area contributed by atoms with Crippen LogP contribution in [0.2, 0.25) is 0 Å². The van der Waals surface area contributed by atoms with Crippen LogP contribution in [0.3, 0.4) is 0 Å². The number of Topliss-reactive ketones (excluding diaryl/α,β-unsaturated/α-hetero) is 1. The normalized spacial score (nSPS) is 16.4. The van der Waals surface area contributed by atoms with Gasteiger partial charge in [0.1, 0.15) is 17.3 Å². The maximum absolute atomic E-state index is 13.6. The number of amides is 1. The number of methoxy groups -OCH3 is 2. The molecular formula is C30H31NO7. The minimum absolute atomic E-state index is 0.0565. The van der Waals surface area contributed by atoms with Crippen LogP contribution in [0.5, 0.6) is 23.0 Å². The topological polar surface area (TPSA) is 94.5 Å². The van der Waals surface area contributed by atoms with Gasteiger partial charge in [-0.15, -0.1) is 0 Å². The van der Waals surface area contributed by atoms with Crippen LogP contribution in [-0.4, -0.2) is 44.2 Å². The molecule has 0 saturated carbocycles. The van der Waals surface area contributed by atoms with Crippen molar-refractivity contribution in [3.63, 3.8) is 0 Å². The van der Waals surface area contributed by atoms with Gasteiger partial charge in [-0.3, -0.25) is 14.5 Å². The Morgan fingerprint density at radius 3 is 2.24 bits per heavy atom. The highest BCUT2D eigenvalue weighted by Gasteiger charge is 2.47. The van der Waals surface area contributed by atoms with Crippen LogP contribution in [0.1, 0.15) is 36.6 Å². The Morgan fingerprint density at radius 2 is 1.58 bits per heavy atom. The van der Waals surface area contributed by atoms with Gasteiger partial charge in [-0.1, -0.05) is 29.8 Å². The molecule has 1 aliphatic rings. The molecule has 4 rings (SSSR count). The van der Waals surface area contributed by atoms with Crippen molar-refractivity contribution >= 4 is 23.1 Å². The van der Waals surface area contributed by atoms with Gasteiger partial charge >= 0.3 is 0 Å². The molecule has 1 amide bonds. The number of carbonyl (C=O) groups is 2. The molecule has 38 heavy (non-hydrogen) atoms. The summed E-state index contributed by atoms with van der Waals surface area (Å²) in [5, 5.41) is 11.6. The van der Waals surface area contributed by atoms with Crippen LogP contribution in [0.25, 0.3) is 5.76 Å². The first-order chi connectivity index (χ1) is 18.3. The molecule has 1 heterocycles. The van der Waals surface area contributed by atoms with Crippen LogP contribution in [0.15, 0.2) is 66.2 Å². The maximum atomic E-state index is 13.6. The van der Waals surface area contributed by atoms with Gasteiger partial charge in [0.05, 0.1) is 44.6 Å². The van der Waals surface area contributed by atoms with E-state index in [-0.39, 0.29) is 16.9 Å². The number of rotatable bonds is 9. The molecule has 0 radical (unpaired) electrons. The highest BCUT2D eigenvalue weighted by molar-refractivity contribution is 6.51. The minimum atomic E-state index is -0.904. The first-order valence-electron chi connectivity index (χ1n) is 12.3. The summed E-state index contributed by atoms with van der Waals surface area (Å²) in [5.41, 5.74) is 2.22. The fourth-order valence-electron chi connectivity index (χ4n) is 4.59. The minimum Gasteiger partial charge on any atom is -0.507 e. The van der Waals surface area contributed by atoms with Gasteiger partial charge in [0.25, 0.3) is 11.7 Å².